The number of hydrogen-bond donors (Lipinski definition) is 6. The lowest BCUT2D eigenvalue weighted by molar-refractivity contribution is -0.153. The number of nitrogens with two attached hydrogens (primary N) is 3. The van der Waals surface area contributed by atoms with Gasteiger partial charge in [0, 0.05) is 18.1 Å². The van der Waals surface area contributed by atoms with Gasteiger partial charge in [0.15, 0.2) is 0 Å². The number of hydrogen-bond acceptors (Lipinski definition) is 9. The van der Waals surface area contributed by atoms with Crippen molar-refractivity contribution in [3.63, 3.8) is 0 Å². The van der Waals surface area contributed by atoms with Gasteiger partial charge in [-0.2, -0.15) is 0 Å². The molecule has 0 aromatic carbocycles. The maximum Gasteiger partial charge on any atom is 0.326 e. The van der Waals surface area contributed by atoms with Gasteiger partial charge in [0.1, 0.15) is 18.1 Å². The summed E-state index contributed by atoms with van der Waals surface area (Å²) in [5, 5.41) is 27.0. The number of piperidine rings is 3. The third kappa shape index (κ3) is 7.46. The van der Waals surface area contributed by atoms with E-state index in [0.29, 0.717) is 44.4 Å². The molecule has 3 amide bonds. The maximum atomic E-state index is 11.8. The lowest BCUT2D eigenvalue weighted by atomic mass is 9.88. The summed E-state index contributed by atoms with van der Waals surface area (Å²) in [6, 6.07) is -3.20. The number of amides is 3. The first-order valence-electron chi connectivity index (χ1n) is 16.6. The van der Waals surface area contributed by atoms with Gasteiger partial charge in [0.25, 0.3) is 0 Å². The van der Waals surface area contributed by atoms with Gasteiger partial charge in [-0.15, -0.1) is 0 Å². The van der Waals surface area contributed by atoms with Gasteiger partial charge in [0.2, 0.25) is 17.7 Å². The molecule has 260 valence electrons. The zero-order chi connectivity index (χ0) is 34.6. The first-order chi connectivity index (χ1) is 21.6. The molecule has 0 radical (unpaired) electrons. The number of carbonyl (C=O) groups excluding carboxylic acids is 3. The molecule has 0 aromatic heterocycles. The summed E-state index contributed by atoms with van der Waals surface area (Å²) in [5.74, 6) is -2.73. The second-order valence-electron chi connectivity index (χ2n) is 13.1. The third-order valence-electron chi connectivity index (χ3n) is 10.3. The molecule has 0 aliphatic carbocycles. The summed E-state index contributed by atoms with van der Waals surface area (Å²) in [4.78, 5) is 72.6. The Morgan fingerprint density at radius 3 is 1.46 bits per heavy atom. The maximum absolute atomic E-state index is 11.8. The summed E-state index contributed by atoms with van der Waals surface area (Å²) in [6.45, 7) is 8.04. The van der Waals surface area contributed by atoms with E-state index >= 15 is 0 Å². The van der Waals surface area contributed by atoms with Gasteiger partial charge in [-0.1, -0.05) is 27.7 Å². The van der Waals surface area contributed by atoms with Crippen molar-refractivity contribution in [2.45, 2.75) is 146 Å². The second-order valence-corrected chi connectivity index (χ2v) is 13.1. The minimum atomic E-state index is -0.910. The number of aliphatic carboxylic acids is 3. The smallest absolute Gasteiger partial charge is 0.326 e. The van der Waals surface area contributed by atoms with Crippen molar-refractivity contribution >= 4 is 35.6 Å². The highest BCUT2D eigenvalue weighted by Crippen LogP contribution is 2.37. The lowest BCUT2D eigenvalue weighted by Gasteiger charge is -2.39. The van der Waals surface area contributed by atoms with E-state index in [1.165, 1.54) is 14.7 Å². The van der Waals surface area contributed by atoms with Gasteiger partial charge >= 0.3 is 17.9 Å². The van der Waals surface area contributed by atoms with Gasteiger partial charge in [-0.05, 0) is 76.0 Å². The van der Waals surface area contributed by atoms with E-state index in [2.05, 4.69) is 0 Å². The Balaban J connectivity index is 0.000000183. The van der Waals surface area contributed by atoms with Crippen molar-refractivity contribution < 1.29 is 44.1 Å². The molecule has 6 aliphatic rings. The number of fused-ring (bicyclic) bond motifs is 3. The van der Waals surface area contributed by atoms with Crippen molar-refractivity contribution in [2.75, 3.05) is 0 Å². The Hall–Kier alpha value is -3.30. The molecule has 6 fully saturated rings. The van der Waals surface area contributed by atoms with E-state index in [0.717, 1.165) is 25.7 Å². The average molecular weight is 653 g/mol. The van der Waals surface area contributed by atoms with Gasteiger partial charge in [0.05, 0.1) is 18.1 Å². The molecular weight excluding hydrogens is 600 g/mol. The molecule has 15 heteroatoms. The summed E-state index contributed by atoms with van der Waals surface area (Å²) in [5.41, 5.74) is 17.0. The van der Waals surface area contributed by atoms with E-state index in [1.807, 2.05) is 27.7 Å². The molecule has 6 aliphatic heterocycles. The van der Waals surface area contributed by atoms with Crippen LogP contribution >= 0.6 is 0 Å². The predicted octanol–water partition coefficient (Wildman–Crippen LogP) is 0.173. The van der Waals surface area contributed by atoms with Crippen molar-refractivity contribution in [2.24, 2.45) is 29.0 Å². The number of carboxylic acids is 3. The van der Waals surface area contributed by atoms with E-state index in [1.54, 1.807) is 0 Å². The molecule has 9 N–H and O–H groups in total. The summed E-state index contributed by atoms with van der Waals surface area (Å²) >= 11 is 0. The minimum Gasteiger partial charge on any atom is -0.480 e. The van der Waals surface area contributed by atoms with Crippen LogP contribution in [0.5, 0.6) is 0 Å². The van der Waals surface area contributed by atoms with Gasteiger partial charge in [-0.3, -0.25) is 14.4 Å². The molecule has 15 nitrogen and oxygen atoms in total. The van der Waals surface area contributed by atoms with E-state index in [4.69, 9.17) is 32.5 Å². The second kappa shape index (κ2) is 15.5. The predicted molar refractivity (Wildman–Crippen MR) is 166 cm³/mol. The molecule has 3 unspecified atom stereocenters. The number of carbonyl (C=O) groups is 6. The highest BCUT2D eigenvalue weighted by atomic mass is 16.4. The topological polar surface area (TPSA) is 251 Å². The highest BCUT2D eigenvalue weighted by molar-refractivity contribution is 5.90. The first kappa shape index (κ1) is 37.2. The van der Waals surface area contributed by atoms with Crippen molar-refractivity contribution in [1.29, 1.82) is 0 Å². The SMILES string of the molecule is CC.C[C@@H]1C[C@@H](C(=O)O)N2C(=O)[C@@H](N)CCC12.C[C@H]1C[C@H](N)C(=O)N2C1CC[C@H]2C(=O)O.N[C@H]1CCC2CC[C@@H](C(=O)O)N2C1=O. The molecule has 0 saturated carbocycles. The molecule has 0 aromatic rings. The van der Waals surface area contributed by atoms with Crippen LogP contribution in [-0.4, -0.2) is 120 Å². The number of nitrogens with zero attached hydrogens (tertiary/aromatic N) is 3. The minimum absolute atomic E-state index is 0.0819. The molecule has 0 bridgehead atoms. The Kier molecular flexibility index (Phi) is 12.5. The van der Waals surface area contributed by atoms with Crippen molar-refractivity contribution in [1.82, 2.24) is 14.7 Å². The van der Waals surface area contributed by atoms with Crippen molar-refractivity contribution in [3.8, 4) is 0 Å². The fraction of sp³-hybridized carbons (Fsp3) is 0.806. The van der Waals surface area contributed by atoms with Crippen LogP contribution in [0.2, 0.25) is 0 Å². The standard InChI is InChI=1S/2C10H16N2O3.C9H14N2O3.C2H6/c1-5-4-6(11)9(13)12-7(5)2-3-8(12)10(14)15;1-5-4-8(10(14)15)12-7(5)3-2-6(11)9(12)13;10-6-3-1-5-2-4-7(9(13)14)11(5)8(6)12;1-2/h2*5-8H,2-4,11H2,1H3,(H,14,15);5-7H,1-4,10H2,(H,13,14);1-2H3/t5-,6-,7?,8-;5-,6+,7?,8+;5?,6-,7-;/m010./s1. The molecule has 6 saturated heterocycles. The quantitative estimate of drug-likeness (QED) is 0.239. The van der Waals surface area contributed by atoms with Crippen molar-refractivity contribution in [3.05, 3.63) is 0 Å². The molecular formula is C31H52N6O9. The molecule has 46 heavy (non-hydrogen) atoms. The highest BCUT2D eigenvalue weighted by Gasteiger charge is 2.49. The Labute approximate surface area is 269 Å². The van der Waals surface area contributed by atoms with Crippen LogP contribution in [0, 0.1) is 11.8 Å². The van der Waals surface area contributed by atoms with E-state index < -0.39 is 54.2 Å². The largest absolute Gasteiger partial charge is 0.480 e. The number of carboxylic acid groups (broad SMARTS) is 3. The fourth-order valence-electron chi connectivity index (χ4n) is 7.99. The summed E-state index contributed by atoms with van der Waals surface area (Å²) in [6.07, 6.45) is 6.98. The first-order valence-corrected chi connectivity index (χ1v) is 16.6. The Bertz CT molecular complexity index is 1160. The van der Waals surface area contributed by atoms with E-state index in [-0.39, 0.29) is 41.8 Å². The summed E-state index contributed by atoms with van der Waals surface area (Å²) < 4.78 is 0. The zero-order valence-corrected chi connectivity index (χ0v) is 27.3. The third-order valence-corrected chi connectivity index (χ3v) is 10.3. The van der Waals surface area contributed by atoms with Crippen LogP contribution in [0.25, 0.3) is 0 Å². The Morgan fingerprint density at radius 2 is 0.913 bits per heavy atom. The molecule has 6 heterocycles. The number of rotatable bonds is 3. The Morgan fingerprint density at radius 1 is 0.543 bits per heavy atom. The molecule has 6 rings (SSSR count). The normalized spacial score (nSPS) is 37.8. The van der Waals surface area contributed by atoms with Crippen LogP contribution < -0.4 is 17.2 Å². The fourth-order valence-corrected chi connectivity index (χ4v) is 7.99. The average Bonchev–Trinajstić information content (AvgIpc) is 3.74. The summed E-state index contributed by atoms with van der Waals surface area (Å²) in [7, 11) is 0. The van der Waals surface area contributed by atoms with Crippen LogP contribution in [0.15, 0.2) is 0 Å². The monoisotopic (exact) mass is 652 g/mol. The van der Waals surface area contributed by atoms with Gasteiger partial charge < -0.3 is 47.2 Å². The van der Waals surface area contributed by atoms with Crippen LogP contribution in [-0.2, 0) is 28.8 Å². The lowest BCUT2D eigenvalue weighted by Crippen LogP contribution is -2.57. The molecule has 11 atom stereocenters. The van der Waals surface area contributed by atoms with E-state index in [9.17, 15) is 28.8 Å². The van der Waals surface area contributed by atoms with Crippen LogP contribution in [0.4, 0.5) is 0 Å². The zero-order valence-electron chi connectivity index (χ0n) is 27.3. The molecule has 0 spiro atoms. The van der Waals surface area contributed by atoms with Gasteiger partial charge in [-0.25, -0.2) is 14.4 Å². The van der Waals surface area contributed by atoms with Crippen LogP contribution in [0.3, 0.4) is 0 Å². The van der Waals surface area contributed by atoms with Crippen LogP contribution in [0.1, 0.15) is 91.9 Å².